The summed E-state index contributed by atoms with van der Waals surface area (Å²) in [6, 6.07) is 0.0225. The maximum absolute atomic E-state index is 12.5. The fourth-order valence-corrected chi connectivity index (χ4v) is 3.86. The molecule has 2 rings (SSSR count). The molecule has 0 saturated carbocycles. The number of amides is 2. The number of thioether (sulfide) groups is 1. The number of likely N-dealkylation sites (tertiary alicyclic amines) is 1. The van der Waals surface area contributed by atoms with Crippen molar-refractivity contribution in [2.75, 3.05) is 31.9 Å². The topological polar surface area (TPSA) is 60.9 Å². The van der Waals surface area contributed by atoms with E-state index in [1.54, 1.807) is 4.90 Å². The van der Waals surface area contributed by atoms with Crippen molar-refractivity contribution in [3.63, 3.8) is 0 Å². The number of hydrogen-bond donors (Lipinski definition) is 1. The number of hydrogen-bond acceptors (Lipinski definition) is 3. The van der Waals surface area contributed by atoms with E-state index >= 15 is 0 Å². The van der Waals surface area contributed by atoms with Crippen molar-refractivity contribution in [1.29, 1.82) is 0 Å². The zero-order chi connectivity index (χ0) is 14.8. The molecule has 6 heteroatoms. The summed E-state index contributed by atoms with van der Waals surface area (Å²) in [6.45, 7) is 7.02. The Balaban J connectivity index is 1.95. The molecular formula is C14H24N2O3S. The van der Waals surface area contributed by atoms with Crippen molar-refractivity contribution in [2.45, 2.75) is 37.9 Å². The Bertz CT molecular complexity index is 387. The van der Waals surface area contributed by atoms with Crippen LogP contribution in [0.3, 0.4) is 0 Å². The summed E-state index contributed by atoms with van der Waals surface area (Å²) >= 11 is 1.91. The Morgan fingerprint density at radius 3 is 2.65 bits per heavy atom. The lowest BCUT2D eigenvalue weighted by atomic mass is 9.98. The van der Waals surface area contributed by atoms with E-state index < -0.39 is 11.9 Å². The number of carbonyl (C=O) groups excluding carboxylic acids is 1. The highest BCUT2D eigenvalue weighted by Crippen LogP contribution is 2.31. The molecule has 1 unspecified atom stereocenters. The molecule has 2 saturated heterocycles. The predicted octanol–water partition coefficient (Wildman–Crippen LogP) is 2.12. The van der Waals surface area contributed by atoms with Gasteiger partial charge in [0.15, 0.2) is 0 Å². The van der Waals surface area contributed by atoms with Gasteiger partial charge in [0.1, 0.15) is 0 Å². The Morgan fingerprint density at radius 2 is 1.95 bits per heavy atom. The molecule has 2 aliphatic rings. The molecule has 0 aliphatic carbocycles. The van der Waals surface area contributed by atoms with Gasteiger partial charge in [-0.15, -0.1) is 0 Å². The van der Waals surface area contributed by atoms with E-state index in [9.17, 15) is 9.59 Å². The first kappa shape index (κ1) is 15.5. The molecule has 1 N–H and O–H groups in total. The van der Waals surface area contributed by atoms with E-state index in [1.807, 2.05) is 16.7 Å². The lowest BCUT2D eigenvalue weighted by Crippen LogP contribution is -2.49. The summed E-state index contributed by atoms with van der Waals surface area (Å²) in [7, 11) is 0. The third-order valence-electron chi connectivity index (χ3n) is 4.15. The highest BCUT2D eigenvalue weighted by molar-refractivity contribution is 8.00. The first-order valence-electron chi connectivity index (χ1n) is 7.30. The summed E-state index contributed by atoms with van der Waals surface area (Å²) in [6.07, 6.45) is 2.46. The summed E-state index contributed by atoms with van der Waals surface area (Å²) < 4.78 is 0.223. The Labute approximate surface area is 124 Å². The molecule has 2 amide bonds. The Hall–Kier alpha value is -0.910. The second kappa shape index (κ2) is 6.24. The number of carboxylic acids is 1. The minimum absolute atomic E-state index is 0.0225. The summed E-state index contributed by atoms with van der Waals surface area (Å²) in [4.78, 5) is 27.2. The fourth-order valence-electron chi connectivity index (χ4n) is 2.76. The zero-order valence-electron chi connectivity index (χ0n) is 12.3. The fraction of sp³-hybridized carbons (Fsp3) is 0.857. The van der Waals surface area contributed by atoms with Gasteiger partial charge in [-0.05, 0) is 19.3 Å². The van der Waals surface area contributed by atoms with E-state index in [4.69, 9.17) is 5.11 Å². The number of rotatable bonds is 1. The van der Waals surface area contributed by atoms with Gasteiger partial charge in [-0.1, -0.05) is 13.8 Å². The standard InChI is InChI=1S/C14H24N2O3S/c1-14(2)5-7-15(8-9-20-14)13(19)16-6-3-4-11(10-16)12(17)18/h11H,3-10H2,1-2H3,(H,17,18). The average Bonchev–Trinajstić information content (AvgIpc) is 2.59. The molecule has 0 aromatic heterocycles. The van der Waals surface area contributed by atoms with Crippen molar-refractivity contribution in [1.82, 2.24) is 9.80 Å². The number of nitrogens with zero attached hydrogens (tertiary/aromatic N) is 2. The Kier molecular flexibility index (Phi) is 4.83. The van der Waals surface area contributed by atoms with E-state index in [0.29, 0.717) is 19.5 Å². The van der Waals surface area contributed by atoms with Crippen molar-refractivity contribution in [3.05, 3.63) is 0 Å². The van der Waals surface area contributed by atoms with Gasteiger partial charge >= 0.3 is 12.0 Å². The van der Waals surface area contributed by atoms with Gasteiger partial charge in [0.25, 0.3) is 0 Å². The molecule has 0 aromatic rings. The maximum atomic E-state index is 12.5. The second-order valence-corrected chi connectivity index (χ2v) is 8.05. The van der Waals surface area contributed by atoms with Gasteiger partial charge in [-0.2, -0.15) is 11.8 Å². The van der Waals surface area contributed by atoms with Gasteiger partial charge in [-0.3, -0.25) is 4.79 Å². The Morgan fingerprint density at radius 1 is 1.20 bits per heavy atom. The van der Waals surface area contributed by atoms with E-state index in [-0.39, 0.29) is 10.8 Å². The van der Waals surface area contributed by atoms with Crippen molar-refractivity contribution >= 4 is 23.8 Å². The smallest absolute Gasteiger partial charge is 0.320 e. The predicted molar refractivity (Wildman–Crippen MR) is 80.1 cm³/mol. The summed E-state index contributed by atoms with van der Waals surface area (Å²) in [5.41, 5.74) is 0. The molecule has 0 radical (unpaired) electrons. The van der Waals surface area contributed by atoms with Gasteiger partial charge in [0, 0.05) is 36.7 Å². The van der Waals surface area contributed by atoms with E-state index in [1.165, 1.54) is 0 Å². The molecular weight excluding hydrogens is 276 g/mol. The largest absolute Gasteiger partial charge is 0.481 e. The van der Waals surface area contributed by atoms with Crippen LogP contribution in [0.2, 0.25) is 0 Å². The molecule has 2 aliphatic heterocycles. The third kappa shape index (κ3) is 3.81. The average molecular weight is 300 g/mol. The van der Waals surface area contributed by atoms with Crippen LogP contribution in [0.15, 0.2) is 0 Å². The minimum atomic E-state index is -0.782. The van der Waals surface area contributed by atoms with Crippen LogP contribution in [0.5, 0.6) is 0 Å². The van der Waals surface area contributed by atoms with Crippen LogP contribution in [0.4, 0.5) is 4.79 Å². The van der Waals surface area contributed by atoms with Crippen LogP contribution >= 0.6 is 11.8 Å². The van der Waals surface area contributed by atoms with Crippen LogP contribution in [0.25, 0.3) is 0 Å². The highest BCUT2D eigenvalue weighted by Gasteiger charge is 2.32. The number of piperidine rings is 1. The van der Waals surface area contributed by atoms with Crippen LogP contribution in [-0.4, -0.2) is 63.6 Å². The van der Waals surface area contributed by atoms with Crippen molar-refractivity contribution in [2.24, 2.45) is 5.92 Å². The van der Waals surface area contributed by atoms with E-state index in [0.717, 1.165) is 31.7 Å². The van der Waals surface area contributed by atoms with E-state index in [2.05, 4.69) is 13.8 Å². The highest BCUT2D eigenvalue weighted by atomic mass is 32.2. The first-order chi connectivity index (χ1) is 9.39. The quantitative estimate of drug-likeness (QED) is 0.806. The number of urea groups is 1. The first-order valence-corrected chi connectivity index (χ1v) is 8.28. The minimum Gasteiger partial charge on any atom is -0.481 e. The van der Waals surface area contributed by atoms with Crippen molar-refractivity contribution in [3.8, 4) is 0 Å². The summed E-state index contributed by atoms with van der Waals surface area (Å²) in [5, 5.41) is 9.11. The normalized spacial score (nSPS) is 27.0. The lowest BCUT2D eigenvalue weighted by molar-refractivity contribution is -0.143. The molecule has 2 fully saturated rings. The second-order valence-electron chi connectivity index (χ2n) is 6.25. The SMILES string of the molecule is CC1(C)CCN(C(=O)N2CCCC(C(=O)O)C2)CCS1. The third-order valence-corrected chi connectivity index (χ3v) is 5.52. The van der Waals surface area contributed by atoms with Crippen LogP contribution in [-0.2, 0) is 4.79 Å². The molecule has 5 nitrogen and oxygen atoms in total. The molecule has 1 atom stereocenters. The van der Waals surface area contributed by atoms with Crippen LogP contribution < -0.4 is 0 Å². The molecule has 2 heterocycles. The van der Waals surface area contributed by atoms with Crippen LogP contribution in [0.1, 0.15) is 33.1 Å². The van der Waals surface area contributed by atoms with Gasteiger partial charge < -0.3 is 14.9 Å². The maximum Gasteiger partial charge on any atom is 0.320 e. The van der Waals surface area contributed by atoms with Gasteiger partial charge in [0.05, 0.1) is 5.92 Å². The summed E-state index contributed by atoms with van der Waals surface area (Å²) in [5.74, 6) is -0.227. The lowest BCUT2D eigenvalue weighted by Gasteiger charge is -2.35. The molecule has 114 valence electrons. The number of carboxylic acid groups (broad SMARTS) is 1. The molecule has 0 bridgehead atoms. The zero-order valence-corrected chi connectivity index (χ0v) is 13.1. The van der Waals surface area contributed by atoms with Gasteiger partial charge in [-0.25, -0.2) is 4.79 Å². The van der Waals surface area contributed by atoms with Crippen molar-refractivity contribution < 1.29 is 14.7 Å². The monoisotopic (exact) mass is 300 g/mol. The molecule has 20 heavy (non-hydrogen) atoms. The number of aliphatic carboxylic acids is 1. The molecule has 0 spiro atoms. The van der Waals surface area contributed by atoms with Crippen LogP contribution in [0, 0.1) is 5.92 Å². The molecule has 0 aromatic carbocycles. The number of carbonyl (C=O) groups is 2. The van der Waals surface area contributed by atoms with Gasteiger partial charge in [0.2, 0.25) is 0 Å².